The summed E-state index contributed by atoms with van der Waals surface area (Å²) in [5.41, 5.74) is 4.14. The minimum atomic E-state index is 0.664. The maximum atomic E-state index is 5.58. The first-order valence-corrected chi connectivity index (χ1v) is 9.68. The van der Waals surface area contributed by atoms with Crippen LogP contribution in [0.5, 0.6) is 0 Å². The van der Waals surface area contributed by atoms with Crippen molar-refractivity contribution in [3.05, 3.63) is 71.8 Å². The van der Waals surface area contributed by atoms with Crippen molar-refractivity contribution in [3.63, 3.8) is 0 Å². The lowest BCUT2D eigenvalue weighted by Gasteiger charge is -2.06. The molecule has 27 heavy (non-hydrogen) atoms. The zero-order chi connectivity index (χ0) is 18.7. The Morgan fingerprint density at radius 3 is 2.00 bits per heavy atom. The molecule has 1 radical (unpaired) electrons. The van der Waals surface area contributed by atoms with Crippen LogP contribution in [0, 0.1) is 0 Å². The molecule has 0 amide bonds. The maximum Gasteiger partial charge on any atom is 0.129 e. The molecule has 141 valence electrons. The van der Waals surface area contributed by atoms with Gasteiger partial charge in [0, 0.05) is 30.8 Å². The van der Waals surface area contributed by atoms with Gasteiger partial charge in [0.15, 0.2) is 0 Å². The molecule has 0 atom stereocenters. The van der Waals surface area contributed by atoms with E-state index in [9.17, 15) is 0 Å². The summed E-state index contributed by atoms with van der Waals surface area (Å²) in [6, 6.07) is 20.6. The highest BCUT2D eigenvalue weighted by Crippen LogP contribution is 2.31. The van der Waals surface area contributed by atoms with Gasteiger partial charge in [-0.25, -0.2) is 10.3 Å². The highest BCUT2D eigenvalue weighted by atomic mass is 16.5. The van der Waals surface area contributed by atoms with Crippen LogP contribution in [-0.2, 0) is 9.47 Å². The summed E-state index contributed by atoms with van der Waals surface area (Å²) in [6.45, 7) is 4.82. The normalized spacial score (nSPS) is 13.6. The van der Waals surface area contributed by atoms with Crippen LogP contribution >= 0.6 is 0 Å². The van der Waals surface area contributed by atoms with Crippen LogP contribution < -0.4 is 5.32 Å². The van der Waals surface area contributed by atoms with Crippen molar-refractivity contribution >= 4 is 17.2 Å². The average molecular weight is 363 g/mol. The predicted molar refractivity (Wildman–Crippen MR) is 110 cm³/mol. The van der Waals surface area contributed by atoms with E-state index in [0.29, 0.717) is 13.2 Å². The maximum absolute atomic E-state index is 5.58. The number of aliphatic imine (C=N–C) groups is 1. The molecule has 0 aliphatic carbocycles. The molecule has 1 aliphatic rings. The molecule has 1 heterocycles. The zero-order valence-electron chi connectivity index (χ0n) is 15.9. The summed E-state index contributed by atoms with van der Waals surface area (Å²) in [5, 5.41) is 4.84. The molecule has 0 bridgehead atoms. The molecule has 2 aromatic carbocycles. The third-order valence-electron chi connectivity index (χ3n) is 4.32. The Hall–Kier alpha value is -2.43. The van der Waals surface area contributed by atoms with Gasteiger partial charge >= 0.3 is 0 Å². The molecule has 3 rings (SSSR count). The van der Waals surface area contributed by atoms with Gasteiger partial charge in [-0.3, -0.25) is 0 Å². The monoisotopic (exact) mass is 363 g/mol. The molecular weight excluding hydrogens is 336 g/mol. The largest absolute Gasteiger partial charge is 0.379 e. The minimum Gasteiger partial charge on any atom is -0.379 e. The topological polar surface area (TPSA) is 44.9 Å². The van der Waals surface area contributed by atoms with E-state index in [4.69, 9.17) is 19.8 Å². The van der Waals surface area contributed by atoms with Crippen molar-refractivity contribution in [1.29, 1.82) is 0 Å². The van der Waals surface area contributed by atoms with Crippen LogP contribution in [0.25, 0.3) is 11.4 Å². The fraction of sp³-hybridized carbons (Fsp3) is 0.348. The lowest BCUT2D eigenvalue weighted by atomic mass is 10.1. The Kier molecular flexibility index (Phi) is 7.63. The van der Waals surface area contributed by atoms with Crippen molar-refractivity contribution in [3.8, 4) is 0 Å². The molecule has 0 saturated heterocycles. The van der Waals surface area contributed by atoms with Gasteiger partial charge in [0.25, 0.3) is 0 Å². The van der Waals surface area contributed by atoms with Crippen molar-refractivity contribution < 1.29 is 9.47 Å². The van der Waals surface area contributed by atoms with E-state index in [1.165, 1.54) is 0 Å². The summed E-state index contributed by atoms with van der Waals surface area (Å²) in [5.74, 6) is 0.905. The third-order valence-corrected chi connectivity index (χ3v) is 4.32. The van der Waals surface area contributed by atoms with Gasteiger partial charge in [-0.2, -0.15) is 0 Å². The SMILES string of the molecule is CCOCCOCCCCC1=NC(c2ccccc2)=C(c2ccccc2)[N]1. The smallest absolute Gasteiger partial charge is 0.129 e. The summed E-state index contributed by atoms with van der Waals surface area (Å²) in [7, 11) is 0. The number of unbranched alkanes of at least 4 members (excludes halogenated alkanes) is 1. The molecule has 4 heteroatoms. The van der Waals surface area contributed by atoms with Gasteiger partial charge in [0.2, 0.25) is 0 Å². The Labute approximate surface area is 161 Å². The first-order chi connectivity index (χ1) is 13.4. The number of amidine groups is 1. The highest BCUT2D eigenvalue weighted by molar-refractivity contribution is 6.07. The third kappa shape index (κ3) is 5.78. The van der Waals surface area contributed by atoms with Gasteiger partial charge in [-0.05, 0) is 19.8 Å². The van der Waals surface area contributed by atoms with E-state index in [0.717, 1.165) is 60.8 Å². The van der Waals surface area contributed by atoms with Crippen LogP contribution in [0.1, 0.15) is 37.3 Å². The summed E-state index contributed by atoms with van der Waals surface area (Å²) in [6.07, 6.45) is 2.88. The van der Waals surface area contributed by atoms with E-state index in [2.05, 4.69) is 24.3 Å². The average Bonchev–Trinajstić information content (AvgIpc) is 3.15. The van der Waals surface area contributed by atoms with E-state index in [1.54, 1.807) is 0 Å². The Morgan fingerprint density at radius 1 is 0.704 bits per heavy atom. The molecule has 0 N–H and O–H groups in total. The van der Waals surface area contributed by atoms with Crippen molar-refractivity contribution in [2.75, 3.05) is 26.4 Å². The molecular formula is C23H27N2O2. The predicted octanol–water partition coefficient (Wildman–Crippen LogP) is 4.75. The second kappa shape index (κ2) is 10.7. The zero-order valence-corrected chi connectivity index (χ0v) is 15.9. The fourth-order valence-electron chi connectivity index (χ4n) is 2.95. The molecule has 0 unspecified atom stereocenters. The molecule has 0 saturated carbocycles. The second-order valence-electron chi connectivity index (χ2n) is 6.34. The van der Waals surface area contributed by atoms with Crippen molar-refractivity contribution in [2.45, 2.75) is 26.2 Å². The minimum absolute atomic E-state index is 0.664. The molecule has 2 aromatic rings. The van der Waals surface area contributed by atoms with Crippen molar-refractivity contribution in [2.24, 2.45) is 4.99 Å². The molecule has 1 aliphatic heterocycles. The van der Waals surface area contributed by atoms with Crippen LogP contribution in [0.15, 0.2) is 65.7 Å². The van der Waals surface area contributed by atoms with Gasteiger partial charge in [0.1, 0.15) is 5.84 Å². The number of rotatable bonds is 11. The quantitative estimate of drug-likeness (QED) is 0.541. The fourth-order valence-corrected chi connectivity index (χ4v) is 2.95. The standard InChI is InChI=1S/C23H27N2O2/c1-2-26-17-18-27-16-10-9-15-21-24-22(19-11-5-3-6-12-19)23(25-21)20-13-7-4-8-14-20/h3-8,11-14H,2,9-10,15-18H2,1H3. The Balaban J connectivity index is 1.56. The molecule has 4 nitrogen and oxygen atoms in total. The summed E-state index contributed by atoms with van der Waals surface area (Å²) < 4.78 is 10.8. The summed E-state index contributed by atoms with van der Waals surface area (Å²) in [4.78, 5) is 4.84. The first-order valence-electron chi connectivity index (χ1n) is 9.68. The summed E-state index contributed by atoms with van der Waals surface area (Å²) >= 11 is 0. The highest BCUT2D eigenvalue weighted by Gasteiger charge is 2.21. The van der Waals surface area contributed by atoms with E-state index in [1.807, 2.05) is 43.3 Å². The molecule has 0 spiro atoms. The first kappa shape index (κ1) is 19.3. The Morgan fingerprint density at radius 2 is 1.33 bits per heavy atom. The number of ether oxygens (including phenoxy) is 2. The van der Waals surface area contributed by atoms with Gasteiger partial charge in [0.05, 0.1) is 24.6 Å². The van der Waals surface area contributed by atoms with E-state index >= 15 is 0 Å². The van der Waals surface area contributed by atoms with Crippen LogP contribution in [0.2, 0.25) is 0 Å². The molecule has 0 fully saturated rings. The number of hydrogen-bond acceptors (Lipinski definition) is 3. The second-order valence-corrected chi connectivity index (χ2v) is 6.34. The van der Waals surface area contributed by atoms with E-state index in [-0.39, 0.29) is 0 Å². The van der Waals surface area contributed by atoms with Gasteiger partial charge in [-0.1, -0.05) is 60.7 Å². The number of benzene rings is 2. The van der Waals surface area contributed by atoms with Crippen LogP contribution in [0.3, 0.4) is 0 Å². The van der Waals surface area contributed by atoms with Crippen molar-refractivity contribution in [1.82, 2.24) is 5.32 Å². The van der Waals surface area contributed by atoms with Crippen LogP contribution in [0.4, 0.5) is 0 Å². The number of hydrogen-bond donors (Lipinski definition) is 0. The van der Waals surface area contributed by atoms with Crippen LogP contribution in [-0.4, -0.2) is 32.3 Å². The van der Waals surface area contributed by atoms with Gasteiger partial charge < -0.3 is 9.47 Å². The Bertz CT molecular complexity index is 754. The lowest BCUT2D eigenvalue weighted by Crippen LogP contribution is -2.11. The molecule has 0 aromatic heterocycles. The van der Waals surface area contributed by atoms with Gasteiger partial charge in [-0.15, -0.1) is 0 Å². The van der Waals surface area contributed by atoms with E-state index < -0.39 is 0 Å². The number of nitrogens with zero attached hydrogens (tertiary/aromatic N) is 2. The lowest BCUT2D eigenvalue weighted by molar-refractivity contribution is 0.0515.